The molecule has 0 spiro atoms. The van der Waals surface area contributed by atoms with E-state index in [-0.39, 0.29) is 24.2 Å². The molecule has 0 bridgehead atoms. The number of nitrogen functional groups attached to an aromatic ring is 2. The molecule has 0 aliphatic carbocycles. The second-order valence-electron chi connectivity index (χ2n) is 5.35. The van der Waals surface area contributed by atoms with Crippen LogP contribution in [0, 0.1) is 0 Å². The normalized spacial score (nSPS) is 14.1. The molecular weight excluding hydrogens is 316 g/mol. The summed E-state index contributed by atoms with van der Waals surface area (Å²) in [5.41, 5.74) is 13.4. The van der Waals surface area contributed by atoms with E-state index in [0.29, 0.717) is 30.9 Å². The van der Waals surface area contributed by atoms with Gasteiger partial charge in [-0.05, 0) is 42.7 Å². The Morgan fingerprint density at radius 3 is 2.83 bits per heavy atom. The van der Waals surface area contributed by atoms with Crippen molar-refractivity contribution in [3.63, 3.8) is 0 Å². The predicted molar refractivity (Wildman–Crippen MR) is 95.0 cm³/mol. The second-order valence-corrected chi connectivity index (χ2v) is 5.35. The minimum Gasteiger partial charge on any atom is -0.399 e. The van der Waals surface area contributed by atoms with Gasteiger partial charge < -0.3 is 21.7 Å². The second kappa shape index (κ2) is 9.05. The van der Waals surface area contributed by atoms with Crippen LogP contribution >= 0.6 is 12.4 Å². The lowest BCUT2D eigenvalue weighted by Crippen LogP contribution is -2.29. The number of nitrogens with two attached hydrogens (primary N) is 2. The molecule has 1 saturated heterocycles. The first-order chi connectivity index (χ1) is 10.6. The van der Waals surface area contributed by atoms with Gasteiger partial charge in [0.05, 0.1) is 0 Å². The van der Waals surface area contributed by atoms with Gasteiger partial charge in [-0.1, -0.05) is 0 Å². The molecule has 1 fully saturated rings. The van der Waals surface area contributed by atoms with E-state index in [1.165, 1.54) is 6.08 Å². The number of benzene rings is 1. The molecule has 5 N–H and O–H groups in total. The Kier molecular flexibility index (Phi) is 7.41. The molecule has 1 aromatic carbocycles. The minimum absolute atomic E-state index is 0. The molecule has 0 unspecified atom stereocenters. The number of hydrogen-bond acceptors (Lipinski definition) is 4. The van der Waals surface area contributed by atoms with Gasteiger partial charge in [-0.25, -0.2) is 0 Å². The number of likely N-dealkylation sites (tertiary alicyclic amines) is 1. The highest BCUT2D eigenvalue weighted by Gasteiger charge is 2.18. The summed E-state index contributed by atoms with van der Waals surface area (Å²) in [4.78, 5) is 25.0. The van der Waals surface area contributed by atoms with Crippen molar-refractivity contribution < 1.29 is 9.59 Å². The zero-order chi connectivity index (χ0) is 15.9. The maximum absolute atomic E-state index is 11.7. The number of nitrogens with one attached hydrogen (secondary N) is 1. The van der Waals surface area contributed by atoms with Crippen molar-refractivity contribution in [3.8, 4) is 0 Å². The van der Waals surface area contributed by atoms with Gasteiger partial charge in [0.1, 0.15) is 0 Å². The number of halogens is 1. The molecule has 2 rings (SSSR count). The summed E-state index contributed by atoms with van der Waals surface area (Å²) >= 11 is 0. The van der Waals surface area contributed by atoms with Crippen molar-refractivity contribution in [1.29, 1.82) is 0 Å². The van der Waals surface area contributed by atoms with Crippen LogP contribution in [0.3, 0.4) is 0 Å². The Morgan fingerprint density at radius 2 is 2.13 bits per heavy atom. The zero-order valence-electron chi connectivity index (χ0n) is 13.0. The van der Waals surface area contributed by atoms with E-state index in [9.17, 15) is 9.59 Å². The minimum atomic E-state index is -0.186. The number of carbonyl (C=O) groups is 2. The molecule has 7 heteroatoms. The highest BCUT2D eigenvalue weighted by atomic mass is 35.5. The molecule has 1 aromatic rings. The fraction of sp³-hybridized carbons (Fsp3) is 0.375. The van der Waals surface area contributed by atoms with Crippen LogP contribution in [-0.4, -0.2) is 36.3 Å². The van der Waals surface area contributed by atoms with Crippen LogP contribution in [0.4, 0.5) is 11.4 Å². The van der Waals surface area contributed by atoms with Gasteiger partial charge >= 0.3 is 0 Å². The summed E-state index contributed by atoms with van der Waals surface area (Å²) in [5.74, 6) is 0.0259. The van der Waals surface area contributed by atoms with Gasteiger partial charge in [0.25, 0.3) is 0 Å². The third kappa shape index (κ3) is 5.83. The smallest absolute Gasteiger partial charge is 0.244 e. The number of nitrogens with zero attached hydrogens (tertiary/aromatic N) is 1. The third-order valence-electron chi connectivity index (χ3n) is 3.60. The van der Waals surface area contributed by atoms with Crippen molar-refractivity contribution in [2.24, 2.45) is 0 Å². The zero-order valence-corrected chi connectivity index (χ0v) is 13.8. The molecule has 23 heavy (non-hydrogen) atoms. The van der Waals surface area contributed by atoms with E-state index in [4.69, 9.17) is 11.5 Å². The third-order valence-corrected chi connectivity index (χ3v) is 3.60. The number of anilines is 2. The lowest BCUT2D eigenvalue weighted by molar-refractivity contribution is -0.127. The highest BCUT2D eigenvalue weighted by molar-refractivity contribution is 5.92. The van der Waals surface area contributed by atoms with Crippen LogP contribution in [0.5, 0.6) is 0 Å². The summed E-state index contributed by atoms with van der Waals surface area (Å²) < 4.78 is 0. The van der Waals surface area contributed by atoms with Crippen molar-refractivity contribution >= 4 is 41.7 Å². The molecule has 1 aliphatic rings. The highest BCUT2D eigenvalue weighted by Crippen LogP contribution is 2.16. The maximum atomic E-state index is 11.7. The van der Waals surface area contributed by atoms with Gasteiger partial charge in [-0.15, -0.1) is 12.4 Å². The molecule has 0 atom stereocenters. The van der Waals surface area contributed by atoms with Gasteiger partial charge in [0, 0.05) is 43.5 Å². The molecule has 1 heterocycles. The molecule has 1 aliphatic heterocycles. The van der Waals surface area contributed by atoms with E-state index in [1.54, 1.807) is 24.3 Å². The molecular formula is C16H23ClN4O2. The Morgan fingerprint density at radius 1 is 1.35 bits per heavy atom. The topological polar surface area (TPSA) is 101 Å². The summed E-state index contributed by atoms with van der Waals surface area (Å²) in [5, 5.41) is 2.79. The van der Waals surface area contributed by atoms with Crippen LogP contribution in [0.2, 0.25) is 0 Å². The van der Waals surface area contributed by atoms with E-state index < -0.39 is 0 Å². The molecule has 0 aromatic heterocycles. The van der Waals surface area contributed by atoms with Crippen molar-refractivity contribution in [2.75, 3.05) is 31.1 Å². The Balaban J connectivity index is 0.00000264. The van der Waals surface area contributed by atoms with Crippen LogP contribution in [0.25, 0.3) is 6.08 Å². The first-order valence-corrected chi connectivity index (χ1v) is 7.45. The van der Waals surface area contributed by atoms with Crippen LogP contribution in [-0.2, 0) is 9.59 Å². The van der Waals surface area contributed by atoms with Crippen LogP contribution in [0.1, 0.15) is 24.8 Å². The Bertz CT molecular complexity index is 589. The van der Waals surface area contributed by atoms with Gasteiger partial charge in [-0.3, -0.25) is 9.59 Å². The van der Waals surface area contributed by atoms with E-state index in [1.807, 2.05) is 4.90 Å². The Hall–Kier alpha value is -2.21. The van der Waals surface area contributed by atoms with Crippen molar-refractivity contribution in [2.45, 2.75) is 19.3 Å². The fourth-order valence-corrected chi connectivity index (χ4v) is 2.38. The number of rotatable bonds is 6. The largest absolute Gasteiger partial charge is 0.399 e. The number of hydrogen-bond donors (Lipinski definition) is 3. The fourth-order valence-electron chi connectivity index (χ4n) is 2.38. The lowest BCUT2D eigenvalue weighted by Gasteiger charge is -2.14. The first-order valence-electron chi connectivity index (χ1n) is 7.45. The standard InChI is InChI=1S/C16H22N4O2.ClH/c17-13-5-6-14(18)12(11-13)4-7-15(21)19-8-2-10-20-9-1-3-16(20)22;/h4-7,11H,1-3,8-10,17-18H2,(H,19,21);1H/b7-4+;. The van der Waals surface area contributed by atoms with E-state index in [0.717, 1.165) is 24.9 Å². The lowest BCUT2D eigenvalue weighted by atomic mass is 10.1. The van der Waals surface area contributed by atoms with Crippen LogP contribution in [0.15, 0.2) is 24.3 Å². The monoisotopic (exact) mass is 338 g/mol. The SMILES string of the molecule is Cl.Nc1ccc(N)c(/C=C/C(=O)NCCCN2CCCC2=O)c1. The van der Waals surface area contributed by atoms with Gasteiger partial charge in [-0.2, -0.15) is 0 Å². The Labute approximate surface area is 142 Å². The van der Waals surface area contributed by atoms with E-state index >= 15 is 0 Å². The van der Waals surface area contributed by atoms with Crippen molar-refractivity contribution in [1.82, 2.24) is 10.2 Å². The molecule has 126 valence electrons. The molecule has 0 radical (unpaired) electrons. The number of amides is 2. The first kappa shape index (κ1) is 18.8. The average molecular weight is 339 g/mol. The summed E-state index contributed by atoms with van der Waals surface area (Å²) in [6.45, 7) is 2.08. The van der Waals surface area contributed by atoms with E-state index in [2.05, 4.69) is 5.32 Å². The van der Waals surface area contributed by atoms with Crippen molar-refractivity contribution in [3.05, 3.63) is 29.8 Å². The number of carbonyl (C=O) groups excluding carboxylic acids is 2. The molecule has 6 nitrogen and oxygen atoms in total. The molecule has 2 amide bonds. The maximum Gasteiger partial charge on any atom is 0.244 e. The summed E-state index contributed by atoms with van der Waals surface area (Å²) in [6.07, 6.45) is 5.43. The van der Waals surface area contributed by atoms with Gasteiger partial charge in [0.2, 0.25) is 11.8 Å². The summed E-state index contributed by atoms with van der Waals surface area (Å²) in [7, 11) is 0. The molecule has 0 saturated carbocycles. The quantitative estimate of drug-likeness (QED) is 0.414. The van der Waals surface area contributed by atoms with Gasteiger partial charge in [0.15, 0.2) is 0 Å². The summed E-state index contributed by atoms with van der Waals surface area (Å²) in [6, 6.07) is 5.14. The average Bonchev–Trinajstić information content (AvgIpc) is 2.90. The predicted octanol–water partition coefficient (Wildman–Crippen LogP) is 1.41. The van der Waals surface area contributed by atoms with Crippen LogP contribution < -0.4 is 16.8 Å².